The monoisotopic (exact) mass is 524 g/mol. The van der Waals surface area contributed by atoms with E-state index in [1.54, 1.807) is 5.56 Å². The van der Waals surface area contributed by atoms with E-state index in [0.29, 0.717) is 12.0 Å². The molecule has 0 spiro atoms. The number of anilines is 1. The zero-order valence-corrected chi connectivity index (χ0v) is 25.4. The van der Waals surface area contributed by atoms with Gasteiger partial charge in [-0.25, -0.2) is 0 Å². The molecule has 0 radical (unpaired) electrons. The van der Waals surface area contributed by atoms with Gasteiger partial charge >= 0.3 is 0 Å². The van der Waals surface area contributed by atoms with E-state index in [0.717, 1.165) is 5.92 Å². The number of hydrogen-bond donors (Lipinski definition) is 0. The maximum absolute atomic E-state index is 3.13. The fourth-order valence-electron chi connectivity index (χ4n) is 9.56. The molecule has 0 N–H and O–H groups in total. The van der Waals surface area contributed by atoms with Crippen molar-refractivity contribution in [2.24, 2.45) is 11.8 Å². The fraction of sp³-hybridized carbons (Fsp3) is 0.622. The van der Waals surface area contributed by atoms with Crippen LogP contribution in [0.2, 0.25) is 0 Å². The highest BCUT2D eigenvalue weighted by atomic mass is 15.5. The molecule has 2 nitrogen and oxygen atoms in total. The van der Waals surface area contributed by atoms with Crippen molar-refractivity contribution >= 4 is 5.69 Å². The van der Waals surface area contributed by atoms with Gasteiger partial charge in [0.15, 0.2) is 0 Å². The van der Waals surface area contributed by atoms with Crippen LogP contribution in [0.5, 0.6) is 0 Å². The van der Waals surface area contributed by atoms with E-state index < -0.39 is 0 Å². The van der Waals surface area contributed by atoms with Crippen molar-refractivity contribution in [3.63, 3.8) is 0 Å². The Morgan fingerprint density at radius 1 is 0.641 bits per heavy atom. The molecule has 3 fully saturated rings. The molecule has 4 atom stereocenters. The van der Waals surface area contributed by atoms with Crippen LogP contribution in [-0.2, 0) is 0 Å². The normalized spacial score (nSPS) is 32.8. The van der Waals surface area contributed by atoms with Crippen LogP contribution >= 0.6 is 0 Å². The first-order valence-corrected chi connectivity index (χ1v) is 16.3. The van der Waals surface area contributed by atoms with Gasteiger partial charge in [0.2, 0.25) is 0 Å². The summed E-state index contributed by atoms with van der Waals surface area (Å²) in [6, 6.07) is 16.6. The molecule has 2 aliphatic heterocycles. The van der Waals surface area contributed by atoms with Crippen LogP contribution in [0.4, 0.5) is 5.69 Å². The van der Waals surface area contributed by atoms with Crippen LogP contribution < -0.4 is 4.90 Å². The van der Waals surface area contributed by atoms with Gasteiger partial charge in [0.25, 0.3) is 0 Å². The highest BCUT2D eigenvalue weighted by Crippen LogP contribution is 2.61. The molecule has 0 bridgehead atoms. The molecule has 2 saturated carbocycles. The van der Waals surface area contributed by atoms with Crippen LogP contribution in [0.25, 0.3) is 0 Å². The van der Waals surface area contributed by atoms with E-state index >= 15 is 0 Å². The molecule has 0 amide bonds. The summed E-state index contributed by atoms with van der Waals surface area (Å²) in [7, 11) is 0. The molecule has 39 heavy (non-hydrogen) atoms. The van der Waals surface area contributed by atoms with E-state index in [1.165, 1.54) is 99.4 Å². The van der Waals surface area contributed by atoms with Gasteiger partial charge in [-0.1, -0.05) is 99.9 Å². The summed E-state index contributed by atoms with van der Waals surface area (Å²) in [5, 5.41) is 0. The zero-order valence-electron chi connectivity index (χ0n) is 25.4. The Hall–Kier alpha value is -2.06. The Labute approximate surface area is 238 Å². The molecule has 0 aromatic heterocycles. The molecule has 6 rings (SSSR count). The number of benzene rings is 2. The van der Waals surface area contributed by atoms with E-state index in [2.05, 4.69) is 99.0 Å². The van der Waals surface area contributed by atoms with E-state index in [4.69, 9.17) is 0 Å². The second-order valence-electron chi connectivity index (χ2n) is 13.7. The third kappa shape index (κ3) is 4.32. The molecule has 2 heterocycles. The average molecular weight is 525 g/mol. The maximum Gasteiger partial charge on any atom is 0.111 e. The largest absolute Gasteiger partial charge is 0.346 e. The lowest BCUT2D eigenvalue weighted by atomic mass is 9.71. The lowest BCUT2D eigenvalue weighted by Crippen LogP contribution is -2.60. The quantitative estimate of drug-likeness (QED) is 0.367. The Bertz CT molecular complexity index is 1160. The summed E-state index contributed by atoms with van der Waals surface area (Å²) in [5.74, 6) is 1.43. The van der Waals surface area contributed by atoms with Crippen molar-refractivity contribution in [1.29, 1.82) is 0 Å². The SMILES string of the molecule is Cc1ccccc1N1C(c2c(C)cccc2C)N2C(C)(C3CCCCC3)C=CC2(C2CCCCCCC2)[C@@H]1C. The second-order valence-corrected chi connectivity index (χ2v) is 13.7. The van der Waals surface area contributed by atoms with Gasteiger partial charge in [0.1, 0.15) is 6.17 Å². The van der Waals surface area contributed by atoms with Crippen molar-refractivity contribution in [3.05, 3.63) is 76.9 Å². The number of rotatable bonds is 4. The number of nitrogens with zero attached hydrogens (tertiary/aromatic N) is 2. The smallest absolute Gasteiger partial charge is 0.111 e. The van der Waals surface area contributed by atoms with Gasteiger partial charge in [-0.3, -0.25) is 4.90 Å². The van der Waals surface area contributed by atoms with E-state index in [1.807, 2.05) is 0 Å². The number of para-hydroxylation sites is 1. The van der Waals surface area contributed by atoms with Crippen LogP contribution in [0.1, 0.15) is 119 Å². The van der Waals surface area contributed by atoms with Crippen molar-refractivity contribution < 1.29 is 0 Å². The van der Waals surface area contributed by atoms with Crippen molar-refractivity contribution in [2.75, 3.05) is 4.90 Å². The second kappa shape index (κ2) is 10.7. The standard InChI is InChI=1S/C37H52N2/c1-27-17-14-15-24-33(27)38-30(4)37(32-22-10-7-6-8-11-23-32)26-25-36(5,31-20-12-9-13-21-31)39(37)35(38)34-28(2)18-16-19-29(34)3/h14-19,24-26,30-32,35H,6-13,20-23H2,1-5H3/t30-,35?,36?,37?/m0/s1. The third-order valence-corrected chi connectivity index (χ3v) is 11.6. The Morgan fingerprint density at radius 3 is 1.82 bits per heavy atom. The first-order chi connectivity index (χ1) is 18.9. The van der Waals surface area contributed by atoms with Crippen molar-refractivity contribution in [1.82, 2.24) is 4.90 Å². The maximum atomic E-state index is 3.13. The predicted molar refractivity (Wildman–Crippen MR) is 166 cm³/mol. The molecular formula is C37H52N2. The van der Waals surface area contributed by atoms with Gasteiger partial charge < -0.3 is 4.90 Å². The third-order valence-electron chi connectivity index (χ3n) is 11.6. The lowest BCUT2D eigenvalue weighted by Gasteiger charge is -2.52. The topological polar surface area (TPSA) is 6.48 Å². The Balaban J connectivity index is 1.60. The minimum absolute atomic E-state index is 0.0607. The van der Waals surface area contributed by atoms with Gasteiger partial charge in [0.05, 0.1) is 11.6 Å². The van der Waals surface area contributed by atoms with Crippen LogP contribution in [0.15, 0.2) is 54.6 Å². The van der Waals surface area contributed by atoms with Crippen LogP contribution in [0, 0.1) is 32.6 Å². The molecule has 2 aliphatic carbocycles. The number of hydrogen-bond acceptors (Lipinski definition) is 2. The molecule has 210 valence electrons. The van der Waals surface area contributed by atoms with Gasteiger partial charge in [-0.2, -0.15) is 0 Å². The highest BCUT2D eigenvalue weighted by molar-refractivity contribution is 5.61. The fourth-order valence-corrected chi connectivity index (χ4v) is 9.56. The minimum atomic E-state index is 0.0607. The summed E-state index contributed by atoms with van der Waals surface area (Å²) >= 11 is 0. The lowest BCUT2D eigenvalue weighted by molar-refractivity contribution is -0.0217. The summed E-state index contributed by atoms with van der Waals surface area (Å²) in [4.78, 5) is 6.02. The van der Waals surface area contributed by atoms with Crippen molar-refractivity contribution in [2.45, 2.75) is 135 Å². The van der Waals surface area contributed by atoms with Gasteiger partial charge in [0, 0.05) is 11.2 Å². The minimum Gasteiger partial charge on any atom is -0.346 e. The predicted octanol–water partition coefficient (Wildman–Crippen LogP) is 9.83. The van der Waals surface area contributed by atoms with E-state index in [-0.39, 0.29) is 17.2 Å². The molecule has 1 saturated heterocycles. The summed E-state index contributed by atoms with van der Waals surface area (Å²) < 4.78 is 0. The molecule has 2 heteroatoms. The average Bonchev–Trinajstić information content (AvgIpc) is 3.36. The zero-order chi connectivity index (χ0) is 27.2. The summed E-state index contributed by atoms with van der Waals surface area (Å²) in [5.41, 5.74) is 7.40. The van der Waals surface area contributed by atoms with Crippen molar-refractivity contribution in [3.8, 4) is 0 Å². The summed E-state index contributed by atoms with van der Waals surface area (Å²) in [6.07, 6.45) is 22.4. The van der Waals surface area contributed by atoms with Gasteiger partial charge in [-0.15, -0.1) is 0 Å². The number of aryl methyl sites for hydroxylation is 3. The molecule has 2 aromatic carbocycles. The molecule has 4 aliphatic rings. The molecular weight excluding hydrogens is 472 g/mol. The first kappa shape index (κ1) is 27.1. The molecule has 3 unspecified atom stereocenters. The van der Waals surface area contributed by atoms with E-state index in [9.17, 15) is 0 Å². The summed E-state index contributed by atoms with van der Waals surface area (Å²) in [6.45, 7) is 12.3. The molecule has 2 aromatic rings. The Morgan fingerprint density at radius 2 is 1.18 bits per heavy atom. The van der Waals surface area contributed by atoms with Crippen LogP contribution in [-0.4, -0.2) is 22.0 Å². The van der Waals surface area contributed by atoms with Gasteiger partial charge in [-0.05, 0) is 100 Å². The highest BCUT2D eigenvalue weighted by Gasteiger charge is 2.66. The van der Waals surface area contributed by atoms with Crippen LogP contribution in [0.3, 0.4) is 0 Å². The Kier molecular flexibility index (Phi) is 7.46. The number of fused-ring (bicyclic) bond motifs is 1. The first-order valence-electron chi connectivity index (χ1n) is 16.3.